The minimum absolute atomic E-state index is 0.00505. The molecule has 0 spiro atoms. The third-order valence-corrected chi connectivity index (χ3v) is 1.32. The maximum Gasteiger partial charge on any atom is 0.248 e. The van der Waals surface area contributed by atoms with E-state index in [0.717, 1.165) is 0 Å². The van der Waals surface area contributed by atoms with Crippen LogP contribution in [0.15, 0.2) is 0 Å². The summed E-state index contributed by atoms with van der Waals surface area (Å²) in [7, 11) is 1.60. The molecule has 0 aliphatic carbocycles. The second kappa shape index (κ2) is 2.33. The lowest BCUT2D eigenvalue weighted by atomic mass is 10.3. The van der Waals surface area contributed by atoms with Gasteiger partial charge in [0.15, 0.2) is 0 Å². The molecule has 0 aromatic heterocycles. The molecule has 0 aromatic carbocycles. The first-order valence-corrected chi connectivity index (χ1v) is 2.87. The Labute approximate surface area is 53.5 Å². The SMILES string of the molecule is CN1OC(CN)CC1=O. The number of nitrogens with two attached hydrogens (primary N) is 1. The van der Waals surface area contributed by atoms with Crippen molar-refractivity contribution >= 4 is 5.91 Å². The third kappa shape index (κ3) is 1.20. The smallest absolute Gasteiger partial charge is 0.248 e. The van der Waals surface area contributed by atoms with Gasteiger partial charge in [0.2, 0.25) is 5.91 Å². The summed E-state index contributed by atoms with van der Waals surface area (Å²) in [4.78, 5) is 15.7. The molecule has 1 atom stereocenters. The average molecular weight is 130 g/mol. The highest BCUT2D eigenvalue weighted by Gasteiger charge is 2.26. The van der Waals surface area contributed by atoms with Gasteiger partial charge in [-0.25, -0.2) is 5.06 Å². The van der Waals surface area contributed by atoms with E-state index in [1.54, 1.807) is 7.05 Å². The van der Waals surface area contributed by atoms with E-state index in [9.17, 15) is 4.79 Å². The van der Waals surface area contributed by atoms with Crippen molar-refractivity contribution < 1.29 is 9.63 Å². The van der Waals surface area contributed by atoms with Crippen LogP contribution in [0.25, 0.3) is 0 Å². The van der Waals surface area contributed by atoms with Crippen molar-refractivity contribution in [3.8, 4) is 0 Å². The summed E-state index contributed by atoms with van der Waals surface area (Å²) in [6.45, 7) is 0.413. The van der Waals surface area contributed by atoms with Crippen molar-refractivity contribution in [2.45, 2.75) is 12.5 Å². The van der Waals surface area contributed by atoms with Gasteiger partial charge in [-0.3, -0.25) is 9.63 Å². The zero-order valence-corrected chi connectivity index (χ0v) is 5.33. The molecule has 1 fully saturated rings. The molecule has 4 nitrogen and oxygen atoms in total. The van der Waals surface area contributed by atoms with Crippen LogP contribution in [0, 0.1) is 0 Å². The molecule has 52 valence electrons. The largest absolute Gasteiger partial charge is 0.328 e. The van der Waals surface area contributed by atoms with Crippen LogP contribution in [0.4, 0.5) is 0 Å². The molecule has 0 saturated carbocycles. The highest BCUT2D eigenvalue weighted by Crippen LogP contribution is 2.10. The molecular weight excluding hydrogens is 120 g/mol. The third-order valence-electron chi connectivity index (χ3n) is 1.32. The Morgan fingerprint density at radius 2 is 2.67 bits per heavy atom. The predicted octanol–water partition coefficient (Wildman–Crippen LogP) is -0.893. The Morgan fingerprint density at radius 1 is 2.00 bits per heavy atom. The fourth-order valence-corrected chi connectivity index (χ4v) is 0.769. The van der Waals surface area contributed by atoms with E-state index in [-0.39, 0.29) is 12.0 Å². The fraction of sp³-hybridized carbons (Fsp3) is 0.800. The second-order valence-electron chi connectivity index (χ2n) is 2.06. The summed E-state index contributed by atoms with van der Waals surface area (Å²) in [6, 6.07) is 0. The van der Waals surface area contributed by atoms with Gasteiger partial charge in [0.05, 0.1) is 6.42 Å². The normalized spacial score (nSPS) is 27.6. The quantitative estimate of drug-likeness (QED) is 0.501. The van der Waals surface area contributed by atoms with E-state index in [2.05, 4.69) is 0 Å². The maximum absolute atomic E-state index is 10.7. The molecular formula is C5H10N2O2. The van der Waals surface area contributed by atoms with Crippen molar-refractivity contribution in [3.63, 3.8) is 0 Å². The molecule has 4 heteroatoms. The first kappa shape index (κ1) is 6.51. The molecule has 1 heterocycles. The first-order chi connectivity index (χ1) is 4.24. The number of nitrogens with zero attached hydrogens (tertiary/aromatic N) is 1. The van der Waals surface area contributed by atoms with Gasteiger partial charge < -0.3 is 5.73 Å². The van der Waals surface area contributed by atoms with Gasteiger partial charge in [-0.15, -0.1) is 0 Å². The summed E-state index contributed by atoms with van der Waals surface area (Å²) in [5.74, 6) is 0.00505. The summed E-state index contributed by atoms with van der Waals surface area (Å²) in [6.07, 6.45) is 0.329. The van der Waals surface area contributed by atoms with Gasteiger partial charge in [0.25, 0.3) is 0 Å². The predicted molar refractivity (Wildman–Crippen MR) is 31.3 cm³/mol. The van der Waals surface area contributed by atoms with Crippen LogP contribution in [0.2, 0.25) is 0 Å². The van der Waals surface area contributed by atoms with Gasteiger partial charge in [0.1, 0.15) is 6.10 Å². The molecule has 1 rings (SSSR count). The number of hydrogen-bond donors (Lipinski definition) is 1. The summed E-state index contributed by atoms with van der Waals surface area (Å²) < 4.78 is 0. The minimum atomic E-state index is -0.0949. The van der Waals surface area contributed by atoms with Crippen molar-refractivity contribution in [3.05, 3.63) is 0 Å². The van der Waals surface area contributed by atoms with Gasteiger partial charge in [-0.05, 0) is 0 Å². The van der Waals surface area contributed by atoms with E-state index in [1.165, 1.54) is 5.06 Å². The van der Waals surface area contributed by atoms with E-state index in [0.29, 0.717) is 13.0 Å². The lowest BCUT2D eigenvalue weighted by molar-refractivity contribution is -0.162. The number of rotatable bonds is 1. The highest BCUT2D eigenvalue weighted by atomic mass is 16.7. The zero-order valence-electron chi connectivity index (χ0n) is 5.33. The molecule has 1 aliphatic rings. The molecule has 1 aliphatic heterocycles. The van der Waals surface area contributed by atoms with Crippen LogP contribution >= 0.6 is 0 Å². The monoisotopic (exact) mass is 130 g/mol. The molecule has 0 aromatic rings. The fourth-order valence-electron chi connectivity index (χ4n) is 0.769. The van der Waals surface area contributed by atoms with Crippen LogP contribution in [-0.4, -0.2) is 30.7 Å². The van der Waals surface area contributed by atoms with E-state index >= 15 is 0 Å². The number of hydroxylamine groups is 2. The van der Waals surface area contributed by atoms with E-state index in [1.807, 2.05) is 0 Å². The van der Waals surface area contributed by atoms with Crippen molar-refractivity contribution in [2.24, 2.45) is 5.73 Å². The van der Waals surface area contributed by atoms with Gasteiger partial charge in [-0.1, -0.05) is 0 Å². The number of amides is 1. The number of hydrogen-bond acceptors (Lipinski definition) is 3. The van der Waals surface area contributed by atoms with Crippen molar-refractivity contribution in [1.29, 1.82) is 0 Å². The lowest BCUT2D eigenvalue weighted by Crippen LogP contribution is -2.21. The standard InChI is InChI=1S/C5H10N2O2/c1-7-5(8)2-4(3-6)9-7/h4H,2-3,6H2,1H3. The average Bonchev–Trinajstić information content (AvgIpc) is 2.13. The number of carbonyl (C=O) groups excluding carboxylic acids is 1. The van der Waals surface area contributed by atoms with Crippen molar-refractivity contribution in [2.75, 3.05) is 13.6 Å². The molecule has 1 unspecified atom stereocenters. The first-order valence-electron chi connectivity index (χ1n) is 2.87. The summed E-state index contributed by atoms with van der Waals surface area (Å²) in [5.41, 5.74) is 5.25. The maximum atomic E-state index is 10.7. The summed E-state index contributed by atoms with van der Waals surface area (Å²) >= 11 is 0. The Kier molecular flexibility index (Phi) is 1.68. The van der Waals surface area contributed by atoms with Crippen LogP contribution in [0.5, 0.6) is 0 Å². The molecule has 2 N–H and O–H groups in total. The Bertz CT molecular complexity index is 126. The Balaban J connectivity index is 2.44. The zero-order chi connectivity index (χ0) is 6.85. The van der Waals surface area contributed by atoms with Crippen LogP contribution in [0.1, 0.15) is 6.42 Å². The molecule has 9 heavy (non-hydrogen) atoms. The molecule has 0 bridgehead atoms. The number of carbonyl (C=O) groups is 1. The van der Waals surface area contributed by atoms with Crippen LogP contribution < -0.4 is 5.73 Å². The van der Waals surface area contributed by atoms with Gasteiger partial charge >= 0.3 is 0 Å². The van der Waals surface area contributed by atoms with Gasteiger partial charge in [-0.2, -0.15) is 0 Å². The second-order valence-corrected chi connectivity index (χ2v) is 2.06. The highest BCUT2D eigenvalue weighted by molar-refractivity contribution is 5.76. The molecule has 0 radical (unpaired) electrons. The summed E-state index contributed by atoms with van der Waals surface area (Å²) in [5, 5.41) is 1.23. The van der Waals surface area contributed by atoms with Crippen molar-refractivity contribution in [1.82, 2.24) is 5.06 Å². The lowest BCUT2D eigenvalue weighted by Gasteiger charge is -2.07. The van der Waals surface area contributed by atoms with E-state index < -0.39 is 0 Å². The van der Waals surface area contributed by atoms with E-state index in [4.69, 9.17) is 10.6 Å². The van der Waals surface area contributed by atoms with Crippen LogP contribution in [0.3, 0.4) is 0 Å². The Hall–Kier alpha value is -0.610. The van der Waals surface area contributed by atoms with Crippen LogP contribution in [-0.2, 0) is 9.63 Å². The molecule has 1 saturated heterocycles. The molecule has 1 amide bonds. The minimum Gasteiger partial charge on any atom is -0.328 e. The topological polar surface area (TPSA) is 55.6 Å². The Morgan fingerprint density at radius 3 is 2.89 bits per heavy atom. The van der Waals surface area contributed by atoms with Gasteiger partial charge in [0, 0.05) is 13.6 Å².